The van der Waals surface area contributed by atoms with Crippen molar-refractivity contribution in [2.45, 2.75) is 135 Å². The van der Waals surface area contributed by atoms with Crippen molar-refractivity contribution in [1.82, 2.24) is 4.90 Å². The molecule has 2 N–H and O–H groups in total. The number of ketones is 1. The minimum Gasteiger partial charge on any atom is -0.458 e. The summed E-state index contributed by atoms with van der Waals surface area (Å²) >= 11 is 0. The van der Waals surface area contributed by atoms with E-state index in [-0.39, 0.29) is 36.5 Å². The molecule has 14 atom stereocenters. The normalized spacial score (nSPS) is 39.5. The summed E-state index contributed by atoms with van der Waals surface area (Å²) in [6.07, 6.45) is -9.03. The van der Waals surface area contributed by atoms with Crippen LogP contribution in [0.1, 0.15) is 74.7 Å². The van der Waals surface area contributed by atoms with Crippen LogP contribution < -0.4 is 5.32 Å². The summed E-state index contributed by atoms with van der Waals surface area (Å²) in [5, 5.41) is 13.8. The van der Waals surface area contributed by atoms with Gasteiger partial charge >= 0.3 is 18.2 Å². The summed E-state index contributed by atoms with van der Waals surface area (Å²) in [5.41, 5.74) is -3.33. The standard InChI is InChI=1S/C38H56F2N2O12/c1-12-27-38(8)32(53-36(47)54-38)20(4)28(43)18(2)17-37(7,48-11)31(52-34-29(44)26(42(9)10)15-19(3)49-34)21(5)30(22(6)33(45)50-27)51-35(46)41-25-14-13-23(39)16-24(25)40/h13-14,16,18-22,26-27,29-32,34,44H,12,15,17H2,1-11H3,(H,41,46)/t18-,19-,20+,21+,22-,26+,27-,29-,30+,31-,32+,34+,37-,38-/m1/s1. The molecule has 0 saturated carbocycles. The van der Waals surface area contributed by atoms with Crippen molar-refractivity contribution < 1.29 is 66.2 Å². The molecule has 4 rings (SSSR count). The number of methoxy groups -OCH3 is 1. The molecule has 1 aromatic carbocycles. The van der Waals surface area contributed by atoms with E-state index < -0.39 is 102 Å². The molecule has 0 bridgehead atoms. The number of Topliss-reactive ketones (excluding diaryl/α,β-unsaturated/α-hetero) is 1. The molecule has 3 aliphatic heterocycles. The number of rotatable bonds is 7. The Hall–Kier alpha value is -3.44. The van der Waals surface area contributed by atoms with Crippen molar-refractivity contribution in [2.75, 3.05) is 26.5 Å². The van der Waals surface area contributed by atoms with Crippen LogP contribution in [-0.2, 0) is 42.7 Å². The Morgan fingerprint density at radius 3 is 2.31 bits per heavy atom. The molecule has 1 amide bonds. The number of benzene rings is 1. The monoisotopic (exact) mass is 770 g/mol. The molecule has 3 heterocycles. The summed E-state index contributed by atoms with van der Waals surface area (Å²) in [4.78, 5) is 56.3. The highest BCUT2D eigenvalue weighted by atomic mass is 19.1. The number of hydrogen-bond donors (Lipinski definition) is 2. The van der Waals surface area contributed by atoms with Gasteiger partial charge in [0.15, 0.2) is 18.0 Å². The lowest BCUT2D eigenvalue weighted by Crippen LogP contribution is -2.60. The van der Waals surface area contributed by atoms with E-state index in [0.717, 1.165) is 12.1 Å². The molecule has 3 fully saturated rings. The van der Waals surface area contributed by atoms with Gasteiger partial charge in [-0.15, -0.1) is 0 Å². The summed E-state index contributed by atoms with van der Waals surface area (Å²) in [7, 11) is 5.06. The second kappa shape index (κ2) is 17.1. The second-order valence-electron chi connectivity index (χ2n) is 15.6. The van der Waals surface area contributed by atoms with Gasteiger partial charge in [-0.3, -0.25) is 14.9 Å². The van der Waals surface area contributed by atoms with Gasteiger partial charge in [0.1, 0.15) is 35.7 Å². The minimum absolute atomic E-state index is 0.0190. The van der Waals surface area contributed by atoms with Crippen molar-refractivity contribution in [3.63, 3.8) is 0 Å². The summed E-state index contributed by atoms with van der Waals surface area (Å²) in [5.74, 6) is -6.96. The maximum Gasteiger partial charge on any atom is 0.509 e. The van der Waals surface area contributed by atoms with Gasteiger partial charge in [0.2, 0.25) is 0 Å². The summed E-state index contributed by atoms with van der Waals surface area (Å²) in [6, 6.07) is 2.20. The Labute approximate surface area is 315 Å². The van der Waals surface area contributed by atoms with E-state index in [0.29, 0.717) is 12.5 Å². The SMILES string of the molecule is CC[C@H]1OC(=O)[C@H](C)[C@@H](OC(=O)Nc2ccc(F)cc2F)[C@H](C)[C@@H](O[C@@H]2O[C@H](C)C[C@H](N(C)C)[C@H]2O)[C@](C)(OC)C[C@@H](C)C(=O)[C@H](C)[C@@H]2OC(=O)O[C@]12C. The topological polar surface area (TPSA) is 168 Å². The molecule has 0 aliphatic carbocycles. The van der Waals surface area contributed by atoms with Crippen LogP contribution in [0.25, 0.3) is 0 Å². The van der Waals surface area contributed by atoms with Crippen LogP contribution in [0, 0.1) is 35.3 Å². The molecule has 3 aliphatic rings. The molecule has 0 spiro atoms. The number of ether oxygens (including phenoxy) is 7. The number of esters is 1. The Morgan fingerprint density at radius 1 is 1.06 bits per heavy atom. The minimum atomic E-state index is -1.57. The van der Waals surface area contributed by atoms with Crippen molar-refractivity contribution in [3.8, 4) is 0 Å². The van der Waals surface area contributed by atoms with Crippen LogP contribution >= 0.6 is 0 Å². The van der Waals surface area contributed by atoms with E-state index in [1.807, 2.05) is 25.9 Å². The molecule has 0 unspecified atom stereocenters. The Balaban J connectivity index is 1.85. The fraction of sp³-hybridized carbons (Fsp3) is 0.737. The van der Waals surface area contributed by atoms with Crippen molar-refractivity contribution in [3.05, 3.63) is 29.8 Å². The van der Waals surface area contributed by atoms with Crippen molar-refractivity contribution in [1.29, 1.82) is 0 Å². The second-order valence-corrected chi connectivity index (χ2v) is 15.6. The number of nitrogens with zero attached hydrogens (tertiary/aromatic N) is 1. The predicted molar refractivity (Wildman–Crippen MR) is 189 cm³/mol. The number of halogens is 2. The largest absolute Gasteiger partial charge is 0.509 e. The molecule has 304 valence electrons. The fourth-order valence-corrected chi connectivity index (χ4v) is 8.25. The lowest BCUT2D eigenvalue weighted by Gasteiger charge is -2.48. The predicted octanol–water partition coefficient (Wildman–Crippen LogP) is 5.23. The number of aliphatic hydroxyl groups is 1. The lowest BCUT2D eigenvalue weighted by molar-refractivity contribution is -0.301. The molecule has 1 aromatic rings. The zero-order valence-electron chi connectivity index (χ0n) is 32.9. The quantitative estimate of drug-likeness (QED) is 0.274. The highest BCUT2D eigenvalue weighted by Crippen LogP contribution is 2.43. The molecule has 14 nitrogen and oxygen atoms in total. The number of cyclic esters (lactones) is 1. The zero-order valence-corrected chi connectivity index (χ0v) is 32.9. The number of carbonyl (C=O) groups is 4. The van der Waals surface area contributed by atoms with Gasteiger partial charge in [-0.05, 0) is 73.2 Å². The average Bonchev–Trinajstić information content (AvgIpc) is 3.42. The van der Waals surface area contributed by atoms with Gasteiger partial charge < -0.3 is 43.2 Å². The van der Waals surface area contributed by atoms with E-state index in [4.69, 9.17) is 33.2 Å². The van der Waals surface area contributed by atoms with Gasteiger partial charge in [0, 0.05) is 31.1 Å². The van der Waals surface area contributed by atoms with E-state index in [9.17, 15) is 33.1 Å². The molecule has 54 heavy (non-hydrogen) atoms. The molecule has 3 saturated heterocycles. The van der Waals surface area contributed by atoms with Crippen molar-refractivity contribution in [2.24, 2.45) is 23.7 Å². The van der Waals surface area contributed by atoms with Gasteiger partial charge in [0.25, 0.3) is 0 Å². The van der Waals surface area contributed by atoms with Crippen LogP contribution in [-0.4, -0.2) is 115 Å². The number of nitrogens with one attached hydrogen (secondary N) is 1. The zero-order chi connectivity index (χ0) is 40.4. The number of hydrogen-bond acceptors (Lipinski definition) is 13. The third-order valence-corrected chi connectivity index (χ3v) is 11.4. The van der Waals surface area contributed by atoms with Crippen molar-refractivity contribution >= 4 is 29.7 Å². The van der Waals surface area contributed by atoms with E-state index in [2.05, 4.69) is 5.32 Å². The molecular formula is C38H56F2N2O12. The summed E-state index contributed by atoms with van der Waals surface area (Å²) < 4.78 is 70.4. The van der Waals surface area contributed by atoms with Crippen LogP contribution in [0.15, 0.2) is 18.2 Å². The maximum absolute atomic E-state index is 14.6. The number of amides is 1. The third kappa shape index (κ3) is 8.99. The van der Waals surface area contributed by atoms with Gasteiger partial charge in [0.05, 0.1) is 35.3 Å². The Bertz CT molecular complexity index is 1530. The van der Waals surface area contributed by atoms with Gasteiger partial charge in [-0.1, -0.05) is 27.7 Å². The third-order valence-electron chi connectivity index (χ3n) is 11.4. The highest BCUT2D eigenvalue weighted by molar-refractivity contribution is 5.86. The maximum atomic E-state index is 14.6. The first kappa shape index (κ1) is 43.3. The van der Waals surface area contributed by atoms with E-state index in [1.165, 1.54) is 21.0 Å². The number of anilines is 1. The molecule has 0 radical (unpaired) electrons. The first-order chi connectivity index (χ1) is 25.2. The van der Waals surface area contributed by atoms with Gasteiger partial charge in [-0.2, -0.15) is 0 Å². The van der Waals surface area contributed by atoms with Crippen LogP contribution in [0.2, 0.25) is 0 Å². The molecule has 16 heteroatoms. The first-order valence-corrected chi connectivity index (χ1v) is 18.4. The Kier molecular flexibility index (Phi) is 13.7. The fourth-order valence-electron chi connectivity index (χ4n) is 8.25. The number of fused-ring (bicyclic) bond motifs is 1. The first-order valence-electron chi connectivity index (χ1n) is 18.4. The number of aliphatic hydroxyl groups excluding tert-OH is 1. The number of likely N-dealkylation sites (N-methyl/N-ethyl adjacent to an activating group) is 1. The van der Waals surface area contributed by atoms with Crippen LogP contribution in [0.3, 0.4) is 0 Å². The van der Waals surface area contributed by atoms with E-state index >= 15 is 0 Å². The lowest BCUT2D eigenvalue weighted by atomic mass is 9.74. The van der Waals surface area contributed by atoms with Gasteiger partial charge in [-0.25, -0.2) is 18.4 Å². The Morgan fingerprint density at radius 2 is 1.72 bits per heavy atom. The number of carbonyl (C=O) groups excluding carboxylic acids is 4. The highest BCUT2D eigenvalue weighted by Gasteiger charge is 2.59. The van der Waals surface area contributed by atoms with E-state index in [1.54, 1.807) is 34.6 Å². The van der Waals surface area contributed by atoms with Crippen LogP contribution in [0.4, 0.5) is 24.1 Å². The molecular weight excluding hydrogens is 714 g/mol. The molecule has 0 aromatic heterocycles. The summed E-state index contributed by atoms with van der Waals surface area (Å²) in [6.45, 7) is 13.2. The smallest absolute Gasteiger partial charge is 0.458 e. The van der Waals surface area contributed by atoms with Crippen LogP contribution in [0.5, 0.6) is 0 Å². The average molecular weight is 771 g/mol.